The maximum absolute atomic E-state index is 6.09. The van der Waals surface area contributed by atoms with Crippen molar-refractivity contribution in [2.75, 3.05) is 19.7 Å². The molecule has 19 heavy (non-hydrogen) atoms. The van der Waals surface area contributed by atoms with Gasteiger partial charge in [0.2, 0.25) is 0 Å². The summed E-state index contributed by atoms with van der Waals surface area (Å²) in [5, 5.41) is 3.35. The Balaban J connectivity index is 1.58. The molecule has 0 bridgehead atoms. The van der Waals surface area contributed by atoms with E-state index in [0.29, 0.717) is 0 Å². The lowest BCUT2D eigenvalue weighted by atomic mass is 10.1. The first kappa shape index (κ1) is 11.6. The normalized spacial score (nSPS) is 27.9. The van der Waals surface area contributed by atoms with Crippen LogP contribution in [0.5, 0.6) is 11.5 Å². The van der Waals surface area contributed by atoms with E-state index in [0.717, 1.165) is 44.0 Å². The number of hydrogen-bond acceptors (Lipinski definition) is 4. The molecule has 2 aliphatic heterocycles. The fourth-order valence-electron chi connectivity index (χ4n) is 3.21. The molecule has 1 aromatic rings. The lowest BCUT2D eigenvalue weighted by molar-refractivity contribution is -0.0717. The predicted octanol–water partition coefficient (Wildman–Crippen LogP) is 2.39. The Hall–Kier alpha value is -1.26. The second kappa shape index (κ2) is 4.39. The molecule has 1 atom stereocenters. The predicted molar refractivity (Wildman–Crippen MR) is 70.5 cm³/mol. The van der Waals surface area contributed by atoms with Crippen LogP contribution < -0.4 is 14.8 Å². The van der Waals surface area contributed by atoms with Gasteiger partial charge in [0.25, 0.3) is 5.79 Å². The van der Waals surface area contributed by atoms with E-state index in [4.69, 9.17) is 14.2 Å². The standard InChI is InChI=1S/C15H19NO3/c1-2-6-15(5-1)18-12-4-3-11(9-13(12)19-15)14-10-16-7-8-17-14/h3-4,9,14,16H,1-2,5-8,10H2. The van der Waals surface area contributed by atoms with Crippen LogP contribution in [0.2, 0.25) is 0 Å². The number of nitrogens with one attached hydrogen (secondary N) is 1. The first-order valence-electron chi connectivity index (χ1n) is 7.19. The van der Waals surface area contributed by atoms with Gasteiger partial charge in [-0.15, -0.1) is 0 Å². The summed E-state index contributed by atoms with van der Waals surface area (Å²) in [5.74, 6) is 1.40. The van der Waals surface area contributed by atoms with Crippen LogP contribution in [0.4, 0.5) is 0 Å². The SMILES string of the molecule is c1cc2c(cc1C1CNCCO1)OC1(CCCC1)O2. The summed E-state index contributed by atoms with van der Waals surface area (Å²) < 4.78 is 17.9. The van der Waals surface area contributed by atoms with Gasteiger partial charge in [-0.1, -0.05) is 6.07 Å². The smallest absolute Gasteiger partial charge is 0.251 e. The van der Waals surface area contributed by atoms with Crippen LogP contribution in [0, 0.1) is 0 Å². The minimum Gasteiger partial charge on any atom is -0.448 e. The zero-order valence-electron chi connectivity index (χ0n) is 11.0. The third-order valence-electron chi connectivity index (χ3n) is 4.22. The molecular formula is C15H19NO3. The molecule has 102 valence electrons. The van der Waals surface area contributed by atoms with Gasteiger partial charge in [-0.05, 0) is 30.5 Å². The second-order valence-electron chi connectivity index (χ2n) is 5.59. The molecule has 1 aliphatic carbocycles. The zero-order chi connectivity index (χ0) is 12.7. The number of hydrogen-bond donors (Lipinski definition) is 1. The highest BCUT2D eigenvalue weighted by Gasteiger charge is 2.44. The zero-order valence-corrected chi connectivity index (χ0v) is 11.0. The van der Waals surface area contributed by atoms with Crippen molar-refractivity contribution in [1.29, 1.82) is 0 Å². The molecule has 1 N–H and O–H groups in total. The molecule has 0 amide bonds. The van der Waals surface area contributed by atoms with Crippen LogP contribution in [-0.4, -0.2) is 25.5 Å². The molecule has 1 aromatic carbocycles. The molecule has 2 fully saturated rings. The van der Waals surface area contributed by atoms with E-state index in [2.05, 4.69) is 17.4 Å². The first-order chi connectivity index (χ1) is 9.35. The average molecular weight is 261 g/mol. The number of fused-ring (bicyclic) bond motifs is 1. The lowest BCUT2D eigenvalue weighted by Gasteiger charge is -2.24. The van der Waals surface area contributed by atoms with Gasteiger partial charge < -0.3 is 19.5 Å². The van der Waals surface area contributed by atoms with Crippen molar-refractivity contribution in [3.63, 3.8) is 0 Å². The van der Waals surface area contributed by atoms with E-state index in [1.807, 2.05) is 6.07 Å². The Morgan fingerprint density at radius 3 is 2.74 bits per heavy atom. The van der Waals surface area contributed by atoms with Gasteiger partial charge in [0, 0.05) is 25.9 Å². The van der Waals surface area contributed by atoms with Gasteiger partial charge in [0.1, 0.15) is 0 Å². The third kappa shape index (κ3) is 1.99. The van der Waals surface area contributed by atoms with Gasteiger partial charge in [0.05, 0.1) is 12.7 Å². The molecule has 0 radical (unpaired) electrons. The topological polar surface area (TPSA) is 39.7 Å². The summed E-state index contributed by atoms with van der Waals surface area (Å²) in [5.41, 5.74) is 1.17. The minimum absolute atomic E-state index is 0.128. The van der Waals surface area contributed by atoms with Gasteiger partial charge in [-0.25, -0.2) is 0 Å². The van der Waals surface area contributed by atoms with Gasteiger partial charge >= 0.3 is 0 Å². The second-order valence-corrected chi connectivity index (χ2v) is 5.59. The molecule has 1 spiro atoms. The molecule has 4 rings (SSSR count). The van der Waals surface area contributed by atoms with E-state index in [9.17, 15) is 0 Å². The molecule has 1 unspecified atom stereocenters. The molecular weight excluding hydrogens is 242 g/mol. The van der Waals surface area contributed by atoms with Gasteiger partial charge in [0.15, 0.2) is 11.5 Å². The Bertz CT molecular complexity index is 476. The Labute approximate surface area is 113 Å². The largest absolute Gasteiger partial charge is 0.448 e. The molecule has 1 saturated heterocycles. The van der Waals surface area contributed by atoms with E-state index in [1.165, 1.54) is 18.4 Å². The van der Waals surface area contributed by atoms with Crippen molar-refractivity contribution >= 4 is 0 Å². The average Bonchev–Trinajstić information content (AvgIpc) is 3.05. The van der Waals surface area contributed by atoms with Crippen LogP contribution in [0.15, 0.2) is 18.2 Å². The Morgan fingerprint density at radius 1 is 1.11 bits per heavy atom. The van der Waals surface area contributed by atoms with Crippen molar-refractivity contribution in [2.45, 2.75) is 37.6 Å². The van der Waals surface area contributed by atoms with E-state index < -0.39 is 0 Å². The van der Waals surface area contributed by atoms with E-state index in [1.54, 1.807) is 0 Å². The van der Waals surface area contributed by atoms with Crippen molar-refractivity contribution in [3.8, 4) is 11.5 Å². The van der Waals surface area contributed by atoms with Crippen molar-refractivity contribution < 1.29 is 14.2 Å². The summed E-state index contributed by atoms with van der Waals surface area (Å²) >= 11 is 0. The van der Waals surface area contributed by atoms with Crippen molar-refractivity contribution in [1.82, 2.24) is 5.32 Å². The molecule has 4 nitrogen and oxygen atoms in total. The van der Waals surface area contributed by atoms with Crippen LogP contribution >= 0.6 is 0 Å². The van der Waals surface area contributed by atoms with Crippen LogP contribution in [0.3, 0.4) is 0 Å². The van der Waals surface area contributed by atoms with Crippen LogP contribution in [0.1, 0.15) is 37.4 Å². The van der Waals surface area contributed by atoms with Crippen LogP contribution in [0.25, 0.3) is 0 Å². The fraction of sp³-hybridized carbons (Fsp3) is 0.600. The summed E-state index contributed by atoms with van der Waals surface area (Å²) in [7, 11) is 0. The molecule has 1 saturated carbocycles. The summed E-state index contributed by atoms with van der Waals surface area (Å²) in [6.07, 6.45) is 4.51. The summed E-state index contributed by atoms with van der Waals surface area (Å²) in [6.45, 7) is 2.57. The maximum atomic E-state index is 6.09. The minimum atomic E-state index is -0.368. The fourth-order valence-corrected chi connectivity index (χ4v) is 3.21. The first-order valence-corrected chi connectivity index (χ1v) is 7.19. The Morgan fingerprint density at radius 2 is 1.95 bits per heavy atom. The monoisotopic (exact) mass is 261 g/mol. The van der Waals surface area contributed by atoms with E-state index >= 15 is 0 Å². The highest BCUT2D eigenvalue weighted by Crippen LogP contribution is 2.47. The molecule has 0 aromatic heterocycles. The molecule has 3 aliphatic rings. The highest BCUT2D eigenvalue weighted by molar-refractivity contribution is 5.46. The van der Waals surface area contributed by atoms with Crippen molar-refractivity contribution in [2.24, 2.45) is 0 Å². The number of ether oxygens (including phenoxy) is 3. The molecule has 4 heteroatoms. The Kier molecular flexibility index (Phi) is 2.67. The van der Waals surface area contributed by atoms with Crippen LogP contribution in [-0.2, 0) is 4.74 Å². The van der Waals surface area contributed by atoms with E-state index in [-0.39, 0.29) is 11.9 Å². The number of benzene rings is 1. The van der Waals surface area contributed by atoms with Crippen molar-refractivity contribution in [3.05, 3.63) is 23.8 Å². The highest BCUT2D eigenvalue weighted by atomic mass is 16.7. The quantitative estimate of drug-likeness (QED) is 0.842. The number of rotatable bonds is 1. The number of morpholine rings is 1. The molecule has 2 heterocycles. The summed E-state index contributed by atoms with van der Waals surface area (Å²) in [4.78, 5) is 0. The summed E-state index contributed by atoms with van der Waals surface area (Å²) in [6, 6.07) is 6.20. The van der Waals surface area contributed by atoms with Gasteiger partial charge in [-0.2, -0.15) is 0 Å². The van der Waals surface area contributed by atoms with Gasteiger partial charge in [-0.3, -0.25) is 0 Å². The lowest BCUT2D eigenvalue weighted by Crippen LogP contribution is -2.34. The maximum Gasteiger partial charge on any atom is 0.251 e. The third-order valence-corrected chi connectivity index (χ3v) is 4.22.